The number of ether oxygens (including phenoxy) is 1. The van der Waals surface area contributed by atoms with Crippen LogP contribution < -0.4 is 4.74 Å². The molecule has 0 unspecified atom stereocenters. The highest BCUT2D eigenvalue weighted by atomic mass is 19.4. The molecule has 0 bridgehead atoms. The molecule has 6 aromatic rings. The van der Waals surface area contributed by atoms with Gasteiger partial charge in [-0.05, 0) is 48.5 Å². The standard InChI is InChI=1S/C27H16F3N3O2/c28-27(29,30)20-11-12-23(34)26-19(20)10-13-25(32-26)35-16-8-9-18-17-5-1-2-6-21(17)33(22(18)15-16)24-7-3-4-14-31-24/h1-15,34H. The lowest BCUT2D eigenvalue weighted by atomic mass is 10.1. The highest BCUT2D eigenvalue weighted by molar-refractivity contribution is 6.09. The molecular weight excluding hydrogens is 455 g/mol. The van der Waals surface area contributed by atoms with Crippen LogP contribution in [0.1, 0.15) is 5.56 Å². The van der Waals surface area contributed by atoms with E-state index in [1.807, 2.05) is 59.2 Å². The number of hydrogen-bond donors (Lipinski definition) is 1. The van der Waals surface area contributed by atoms with E-state index in [1.165, 1.54) is 12.1 Å². The summed E-state index contributed by atoms with van der Waals surface area (Å²) >= 11 is 0. The minimum absolute atomic E-state index is 0.0620. The lowest BCUT2D eigenvalue weighted by molar-refractivity contribution is -0.136. The van der Waals surface area contributed by atoms with Gasteiger partial charge < -0.3 is 9.84 Å². The van der Waals surface area contributed by atoms with Crippen LogP contribution in [0, 0.1) is 0 Å². The zero-order valence-electron chi connectivity index (χ0n) is 18.0. The third-order valence-corrected chi connectivity index (χ3v) is 5.86. The van der Waals surface area contributed by atoms with Crippen LogP contribution >= 0.6 is 0 Å². The fraction of sp³-hybridized carbons (Fsp3) is 0.0370. The number of aromatic hydroxyl groups is 1. The van der Waals surface area contributed by atoms with Crippen molar-refractivity contribution in [3.05, 3.63) is 96.7 Å². The summed E-state index contributed by atoms with van der Waals surface area (Å²) in [6.07, 6.45) is -2.85. The zero-order chi connectivity index (χ0) is 24.2. The molecule has 0 aliphatic carbocycles. The van der Waals surface area contributed by atoms with Gasteiger partial charge in [-0.2, -0.15) is 13.2 Å². The molecule has 6 rings (SSSR count). The summed E-state index contributed by atoms with van der Waals surface area (Å²) < 4.78 is 48.0. The number of phenolic OH excluding ortho intramolecular Hbond substituents is 1. The van der Waals surface area contributed by atoms with E-state index >= 15 is 0 Å². The fourth-order valence-electron chi connectivity index (χ4n) is 4.36. The van der Waals surface area contributed by atoms with Crippen molar-refractivity contribution in [1.82, 2.24) is 14.5 Å². The third-order valence-electron chi connectivity index (χ3n) is 5.86. The highest BCUT2D eigenvalue weighted by Gasteiger charge is 2.33. The smallest absolute Gasteiger partial charge is 0.417 e. The largest absolute Gasteiger partial charge is 0.506 e. The van der Waals surface area contributed by atoms with E-state index in [1.54, 1.807) is 12.3 Å². The molecule has 0 aliphatic rings. The van der Waals surface area contributed by atoms with Crippen LogP contribution in [0.5, 0.6) is 17.4 Å². The molecule has 5 nitrogen and oxygen atoms in total. The molecule has 0 saturated carbocycles. The molecule has 0 amide bonds. The van der Waals surface area contributed by atoms with E-state index in [2.05, 4.69) is 9.97 Å². The van der Waals surface area contributed by atoms with Crippen LogP contribution in [0.15, 0.2) is 91.1 Å². The summed E-state index contributed by atoms with van der Waals surface area (Å²) in [6.45, 7) is 0. The number of pyridine rings is 2. The number of phenols is 1. The lowest BCUT2D eigenvalue weighted by Crippen LogP contribution is -2.06. The predicted molar refractivity (Wildman–Crippen MR) is 127 cm³/mol. The molecule has 3 heterocycles. The van der Waals surface area contributed by atoms with Gasteiger partial charge in [0, 0.05) is 34.5 Å². The van der Waals surface area contributed by atoms with Crippen LogP contribution in [0.3, 0.4) is 0 Å². The van der Waals surface area contributed by atoms with E-state index < -0.39 is 11.7 Å². The first-order valence-corrected chi connectivity index (χ1v) is 10.7. The Morgan fingerprint density at radius 3 is 2.34 bits per heavy atom. The number of nitrogens with zero attached hydrogens (tertiary/aromatic N) is 3. The summed E-state index contributed by atoms with van der Waals surface area (Å²) in [7, 11) is 0. The normalized spacial score (nSPS) is 12.0. The molecule has 8 heteroatoms. The molecule has 172 valence electrons. The van der Waals surface area contributed by atoms with Crippen molar-refractivity contribution in [2.24, 2.45) is 0 Å². The maximum atomic E-state index is 13.4. The quantitative estimate of drug-likeness (QED) is 0.296. The SMILES string of the molecule is Oc1ccc(C(F)(F)F)c2ccc(Oc3ccc4c5ccccc5n(-c5ccccn5)c4c3)nc12. The predicted octanol–water partition coefficient (Wildman–Crippen LogP) is 7.24. The van der Waals surface area contributed by atoms with Gasteiger partial charge in [0.15, 0.2) is 0 Å². The second-order valence-electron chi connectivity index (χ2n) is 8.00. The van der Waals surface area contributed by atoms with Gasteiger partial charge in [0.2, 0.25) is 5.88 Å². The molecule has 0 atom stereocenters. The van der Waals surface area contributed by atoms with Gasteiger partial charge in [0.25, 0.3) is 0 Å². The van der Waals surface area contributed by atoms with E-state index in [-0.39, 0.29) is 22.5 Å². The molecule has 3 aromatic carbocycles. The number of alkyl halides is 3. The average molecular weight is 471 g/mol. The molecule has 0 fully saturated rings. The second kappa shape index (κ2) is 7.73. The molecule has 0 aliphatic heterocycles. The Morgan fingerprint density at radius 2 is 1.54 bits per heavy atom. The van der Waals surface area contributed by atoms with Crippen molar-refractivity contribution < 1.29 is 23.0 Å². The van der Waals surface area contributed by atoms with Crippen LogP contribution in [-0.2, 0) is 6.18 Å². The van der Waals surface area contributed by atoms with Crippen molar-refractivity contribution in [3.63, 3.8) is 0 Å². The Balaban J connectivity index is 1.48. The van der Waals surface area contributed by atoms with Crippen molar-refractivity contribution in [2.45, 2.75) is 6.18 Å². The number of hydrogen-bond acceptors (Lipinski definition) is 4. The molecule has 0 spiro atoms. The second-order valence-corrected chi connectivity index (χ2v) is 8.00. The van der Waals surface area contributed by atoms with E-state index in [4.69, 9.17) is 4.74 Å². The van der Waals surface area contributed by atoms with E-state index in [0.29, 0.717) is 5.75 Å². The first-order chi connectivity index (χ1) is 16.9. The van der Waals surface area contributed by atoms with Gasteiger partial charge in [-0.25, -0.2) is 9.97 Å². The zero-order valence-corrected chi connectivity index (χ0v) is 18.0. The van der Waals surface area contributed by atoms with Gasteiger partial charge in [0.05, 0.1) is 16.6 Å². The molecule has 0 saturated heterocycles. The first kappa shape index (κ1) is 21.0. The highest BCUT2D eigenvalue weighted by Crippen LogP contribution is 2.39. The molecule has 35 heavy (non-hydrogen) atoms. The van der Waals surface area contributed by atoms with Crippen LogP contribution in [0.2, 0.25) is 0 Å². The molecular formula is C27H16F3N3O2. The monoisotopic (exact) mass is 471 g/mol. The Bertz CT molecular complexity index is 1730. The Morgan fingerprint density at radius 1 is 0.771 bits per heavy atom. The summed E-state index contributed by atoms with van der Waals surface area (Å²) in [4.78, 5) is 8.65. The maximum absolute atomic E-state index is 13.4. The summed E-state index contributed by atoms with van der Waals surface area (Å²) in [5.41, 5.74) is 0.781. The van der Waals surface area contributed by atoms with Gasteiger partial charge in [-0.1, -0.05) is 24.3 Å². The van der Waals surface area contributed by atoms with Crippen molar-refractivity contribution >= 4 is 32.7 Å². The fourth-order valence-corrected chi connectivity index (χ4v) is 4.36. The Kier molecular flexibility index (Phi) is 4.63. The van der Waals surface area contributed by atoms with Crippen molar-refractivity contribution in [1.29, 1.82) is 0 Å². The van der Waals surface area contributed by atoms with Gasteiger partial charge in [-0.3, -0.25) is 4.57 Å². The maximum Gasteiger partial charge on any atom is 0.417 e. The number of benzene rings is 3. The Hall–Kier alpha value is -4.59. The van der Waals surface area contributed by atoms with E-state index in [9.17, 15) is 18.3 Å². The third kappa shape index (κ3) is 3.50. The topological polar surface area (TPSA) is 60.2 Å². The number of halogens is 3. The van der Waals surface area contributed by atoms with Gasteiger partial charge >= 0.3 is 6.18 Å². The lowest BCUT2D eigenvalue weighted by Gasteiger charge is -2.12. The summed E-state index contributed by atoms with van der Waals surface area (Å²) in [5, 5.41) is 12.0. The van der Waals surface area contributed by atoms with Crippen molar-refractivity contribution in [3.8, 4) is 23.2 Å². The molecule has 1 N–H and O–H groups in total. The summed E-state index contributed by atoms with van der Waals surface area (Å²) in [5.74, 6) is 0.885. The number of aromatic nitrogens is 3. The minimum Gasteiger partial charge on any atom is -0.506 e. The van der Waals surface area contributed by atoms with Crippen LogP contribution in [-0.4, -0.2) is 19.6 Å². The molecule has 3 aromatic heterocycles. The van der Waals surface area contributed by atoms with Gasteiger partial charge in [0.1, 0.15) is 22.8 Å². The number of fused-ring (bicyclic) bond motifs is 4. The number of rotatable bonds is 3. The molecule has 0 radical (unpaired) electrons. The minimum atomic E-state index is -4.57. The van der Waals surface area contributed by atoms with Crippen molar-refractivity contribution in [2.75, 3.05) is 0 Å². The van der Waals surface area contributed by atoms with E-state index in [0.717, 1.165) is 39.8 Å². The number of para-hydroxylation sites is 1. The first-order valence-electron chi connectivity index (χ1n) is 10.7. The average Bonchev–Trinajstić information content (AvgIpc) is 3.18. The van der Waals surface area contributed by atoms with Crippen LogP contribution in [0.4, 0.5) is 13.2 Å². The Labute approximate surface area is 196 Å². The summed E-state index contributed by atoms with van der Waals surface area (Å²) in [6, 6.07) is 23.6. The van der Waals surface area contributed by atoms with Crippen LogP contribution in [0.25, 0.3) is 38.5 Å². The van der Waals surface area contributed by atoms with Gasteiger partial charge in [-0.15, -0.1) is 0 Å².